The molecule has 0 N–H and O–H groups in total. The topological polar surface area (TPSA) is 65.7 Å². The third-order valence-corrected chi connectivity index (χ3v) is 5.16. The average Bonchev–Trinajstić information content (AvgIpc) is 2.84. The predicted molar refractivity (Wildman–Crippen MR) is 90.4 cm³/mol. The lowest BCUT2D eigenvalue weighted by molar-refractivity contribution is -0.137. The molecular formula is C17H29N5O2. The van der Waals surface area contributed by atoms with Crippen LogP contribution in [0.15, 0.2) is 4.52 Å². The largest absolute Gasteiger partial charge is 0.341 e. The van der Waals surface area contributed by atoms with Gasteiger partial charge in [0.1, 0.15) is 0 Å². The maximum Gasteiger partial charge on any atom is 0.239 e. The Balaban J connectivity index is 1.47. The molecule has 3 heterocycles. The van der Waals surface area contributed by atoms with E-state index in [0.717, 1.165) is 64.5 Å². The van der Waals surface area contributed by atoms with Crippen LogP contribution in [0.1, 0.15) is 44.3 Å². The smallest absolute Gasteiger partial charge is 0.239 e. The molecule has 0 radical (unpaired) electrons. The first-order valence-corrected chi connectivity index (χ1v) is 9.18. The molecule has 1 unspecified atom stereocenters. The minimum absolute atomic E-state index is 0.0160. The molecule has 7 heteroatoms. The molecule has 2 aliphatic heterocycles. The van der Waals surface area contributed by atoms with Crippen molar-refractivity contribution in [3.8, 4) is 0 Å². The Morgan fingerprint density at radius 2 is 1.75 bits per heavy atom. The first-order valence-electron chi connectivity index (χ1n) is 9.18. The maximum atomic E-state index is 12.8. The molecule has 1 atom stereocenters. The Bertz CT molecular complexity index is 531. The van der Waals surface area contributed by atoms with Gasteiger partial charge in [0.05, 0.1) is 12.6 Å². The molecule has 0 saturated carbocycles. The molecule has 2 saturated heterocycles. The minimum atomic E-state index is -0.0160. The number of carbonyl (C=O) groups is 1. The second-order valence-corrected chi connectivity index (χ2v) is 6.96. The van der Waals surface area contributed by atoms with Gasteiger partial charge in [-0.15, -0.1) is 0 Å². The molecule has 1 aromatic rings. The van der Waals surface area contributed by atoms with Gasteiger partial charge in [0, 0.05) is 46.2 Å². The van der Waals surface area contributed by atoms with E-state index in [4.69, 9.17) is 4.52 Å². The van der Waals surface area contributed by atoms with Crippen LogP contribution in [0, 0.1) is 6.92 Å². The maximum absolute atomic E-state index is 12.8. The Morgan fingerprint density at radius 3 is 2.33 bits per heavy atom. The van der Waals surface area contributed by atoms with E-state index in [1.807, 2.05) is 6.92 Å². The van der Waals surface area contributed by atoms with Crippen LogP contribution >= 0.6 is 0 Å². The van der Waals surface area contributed by atoms with Crippen molar-refractivity contribution in [3.63, 3.8) is 0 Å². The number of nitrogens with zero attached hydrogens (tertiary/aromatic N) is 5. The van der Waals surface area contributed by atoms with E-state index >= 15 is 0 Å². The summed E-state index contributed by atoms with van der Waals surface area (Å²) >= 11 is 0. The van der Waals surface area contributed by atoms with Gasteiger partial charge < -0.3 is 9.42 Å². The zero-order valence-corrected chi connectivity index (χ0v) is 14.9. The number of hydrogen-bond acceptors (Lipinski definition) is 6. The number of rotatable bonds is 4. The van der Waals surface area contributed by atoms with Gasteiger partial charge in [0.15, 0.2) is 5.82 Å². The normalized spacial score (nSPS) is 22.3. The van der Waals surface area contributed by atoms with Crippen LogP contribution in [0.2, 0.25) is 0 Å². The van der Waals surface area contributed by atoms with Gasteiger partial charge in [0.25, 0.3) is 0 Å². The Kier molecular flexibility index (Phi) is 5.84. The summed E-state index contributed by atoms with van der Waals surface area (Å²) in [6, 6.07) is -0.0160. The van der Waals surface area contributed by atoms with Gasteiger partial charge in [-0.3, -0.25) is 14.6 Å². The lowest BCUT2D eigenvalue weighted by Crippen LogP contribution is -2.54. The molecule has 1 aromatic heterocycles. The fourth-order valence-corrected chi connectivity index (χ4v) is 3.63. The highest BCUT2D eigenvalue weighted by Crippen LogP contribution is 2.15. The van der Waals surface area contributed by atoms with E-state index in [2.05, 4.69) is 31.8 Å². The molecule has 1 amide bonds. The first-order chi connectivity index (χ1) is 11.6. The number of amides is 1. The van der Waals surface area contributed by atoms with E-state index in [9.17, 15) is 4.79 Å². The van der Waals surface area contributed by atoms with Crippen LogP contribution in [0.3, 0.4) is 0 Å². The number of hydrogen-bond donors (Lipinski definition) is 0. The van der Waals surface area contributed by atoms with Crippen molar-refractivity contribution in [1.29, 1.82) is 0 Å². The van der Waals surface area contributed by atoms with Gasteiger partial charge >= 0.3 is 0 Å². The molecule has 0 spiro atoms. The van der Waals surface area contributed by atoms with Crippen LogP contribution in [0.5, 0.6) is 0 Å². The fraction of sp³-hybridized carbons (Fsp3) is 0.824. The van der Waals surface area contributed by atoms with Gasteiger partial charge in [-0.25, -0.2) is 0 Å². The number of carbonyl (C=O) groups excluding carboxylic acids is 1. The van der Waals surface area contributed by atoms with Crippen molar-refractivity contribution in [1.82, 2.24) is 24.8 Å². The van der Waals surface area contributed by atoms with Crippen molar-refractivity contribution >= 4 is 5.91 Å². The Labute approximate surface area is 144 Å². The highest BCUT2D eigenvalue weighted by atomic mass is 16.5. The summed E-state index contributed by atoms with van der Waals surface area (Å²) < 4.78 is 5.03. The predicted octanol–water partition coefficient (Wildman–Crippen LogP) is 1.29. The molecule has 134 valence electrons. The summed E-state index contributed by atoms with van der Waals surface area (Å²) in [4.78, 5) is 23.7. The number of aryl methyl sites for hydroxylation is 1. The van der Waals surface area contributed by atoms with Crippen molar-refractivity contribution in [2.75, 3.05) is 39.3 Å². The van der Waals surface area contributed by atoms with Crippen molar-refractivity contribution in [2.45, 2.75) is 52.1 Å². The van der Waals surface area contributed by atoms with E-state index in [-0.39, 0.29) is 6.04 Å². The zero-order chi connectivity index (χ0) is 16.9. The molecule has 0 aliphatic carbocycles. The number of likely N-dealkylation sites (tertiary alicyclic amines) is 1. The summed E-state index contributed by atoms with van der Waals surface area (Å²) in [5, 5.41) is 3.96. The van der Waals surface area contributed by atoms with E-state index in [1.54, 1.807) is 0 Å². The summed E-state index contributed by atoms with van der Waals surface area (Å²) in [5.74, 6) is 1.66. The molecule has 0 aromatic carbocycles. The van der Waals surface area contributed by atoms with Crippen LogP contribution < -0.4 is 0 Å². The third kappa shape index (κ3) is 4.33. The molecule has 3 rings (SSSR count). The second kappa shape index (κ2) is 8.07. The molecule has 2 aliphatic rings. The SMILES string of the molecule is Cc1nc(CN2CCN(C(C)C(=O)N3CCCCCC3)CC2)no1. The van der Waals surface area contributed by atoms with Crippen LogP contribution in [-0.4, -0.2) is 76.1 Å². The summed E-state index contributed by atoms with van der Waals surface area (Å²) in [7, 11) is 0. The molecule has 24 heavy (non-hydrogen) atoms. The monoisotopic (exact) mass is 335 g/mol. The average molecular weight is 335 g/mol. The standard InChI is InChI=1S/C17H29N5O2/c1-14(17(23)22-7-5-3-4-6-8-22)21-11-9-20(10-12-21)13-16-18-15(2)24-19-16/h14H,3-13H2,1-2H3. The summed E-state index contributed by atoms with van der Waals surface area (Å²) in [5.41, 5.74) is 0. The van der Waals surface area contributed by atoms with Crippen molar-refractivity contribution in [3.05, 3.63) is 11.7 Å². The minimum Gasteiger partial charge on any atom is -0.341 e. The summed E-state index contributed by atoms with van der Waals surface area (Å²) in [6.07, 6.45) is 4.81. The van der Waals surface area contributed by atoms with Gasteiger partial charge in [-0.05, 0) is 19.8 Å². The van der Waals surface area contributed by atoms with E-state index in [1.165, 1.54) is 12.8 Å². The third-order valence-electron chi connectivity index (χ3n) is 5.16. The van der Waals surface area contributed by atoms with E-state index < -0.39 is 0 Å². The highest BCUT2D eigenvalue weighted by molar-refractivity contribution is 5.81. The van der Waals surface area contributed by atoms with Crippen molar-refractivity contribution < 1.29 is 9.32 Å². The molecule has 2 fully saturated rings. The number of aromatic nitrogens is 2. The van der Waals surface area contributed by atoms with Gasteiger partial charge in [-0.2, -0.15) is 4.98 Å². The second-order valence-electron chi connectivity index (χ2n) is 6.96. The lowest BCUT2D eigenvalue weighted by atomic mass is 10.2. The quantitative estimate of drug-likeness (QED) is 0.826. The van der Waals surface area contributed by atoms with Gasteiger partial charge in [-0.1, -0.05) is 18.0 Å². The Morgan fingerprint density at radius 1 is 1.08 bits per heavy atom. The molecule has 0 bridgehead atoms. The molecular weight excluding hydrogens is 306 g/mol. The lowest BCUT2D eigenvalue weighted by Gasteiger charge is -2.38. The zero-order valence-electron chi connectivity index (χ0n) is 14.9. The van der Waals surface area contributed by atoms with Gasteiger partial charge in [0.2, 0.25) is 11.8 Å². The number of piperazine rings is 1. The van der Waals surface area contributed by atoms with Crippen LogP contribution in [-0.2, 0) is 11.3 Å². The molecule has 7 nitrogen and oxygen atoms in total. The van der Waals surface area contributed by atoms with Crippen molar-refractivity contribution in [2.24, 2.45) is 0 Å². The van der Waals surface area contributed by atoms with Crippen LogP contribution in [0.25, 0.3) is 0 Å². The summed E-state index contributed by atoms with van der Waals surface area (Å²) in [6.45, 7) is 10.2. The Hall–Kier alpha value is -1.47. The van der Waals surface area contributed by atoms with E-state index in [0.29, 0.717) is 11.8 Å². The fourth-order valence-electron chi connectivity index (χ4n) is 3.63. The highest BCUT2D eigenvalue weighted by Gasteiger charge is 2.29. The first kappa shape index (κ1) is 17.4. The van der Waals surface area contributed by atoms with Crippen LogP contribution in [0.4, 0.5) is 0 Å².